The minimum atomic E-state index is -1.00. The summed E-state index contributed by atoms with van der Waals surface area (Å²) >= 11 is 5.55. The van der Waals surface area contributed by atoms with Gasteiger partial charge in [0.05, 0.1) is 6.04 Å². The second-order valence-electron chi connectivity index (χ2n) is 8.59. The van der Waals surface area contributed by atoms with E-state index in [1.807, 2.05) is 0 Å². The molecule has 2 amide bonds. The zero-order valence-electron chi connectivity index (χ0n) is 16.9. The van der Waals surface area contributed by atoms with Crippen molar-refractivity contribution in [3.63, 3.8) is 0 Å². The lowest BCUT2D eigenvalue weighted by molar-refractivity contribution is -0.0181. The van der Waals surface area contributed by atoms with Crippen LogP contribution < -0.4 is 10.7 Å². The molecule has 2 N–H and O–H groups in total. The third-order valence-corrected chi connectivity index (χ3v) is 7.26. The number of carbonyl (C=O) groups is 2. The summed E-state index contributed by atoms with van der Waals surface area (Å²) in [6, 6.07) is 2.19. The topological polar surface area (TPSA) is 91.6 Å². The Morgan fingerprint density at radius 2 is 1.91 bits per heavy atom. The summed E-state index contributed by atoms with van der Waals surface area (Å²) < 4.78 is 28.9. The summed E-state index contributed by atoms with van der Waals surface area (Å²) in [4.78, 5) is 40.3. The van der Waals surface area contributed by atoms with Crippen molar-refractivity contribution in [1.82, 2.24) is 14.8 Å². The standard InChI is InChI=1S/C22H20ClF2N3O4/c23-16-14(24)6-3-11(17(16)25)7-26-21(31)13-8-27-9-15-10-1-4-12(5-2-10)28(15)22(32)18(27)20(30)19(13)29/h3,6,8,10,12,15,30H,1-2,4-5,7,9H2,(H,26,31)/t10-,12+,15-/m1/s1. The first-order valence-electron chi connectivity index (χ1n) is 10.5. The number of fused-ring (bicyclic) bond motifs is 3. The molecule has 1 aromatic heterocycles. The first-order chi connectivity index (χ1) is 15.3. The van der Waals surface area contributed by atoms with E-state index in [9.17, 15) is 28.3 Å². The van der Waals surface area contributed by atoms with Crippen LogP contribution in [0.15, 0.2) is 23.1 Å². The van der Waals surface area contributed by atoms with Crippen molar-refractivity contribution in [2.24, 2.45) is 5.92 Å². The highest BCUT2D eigenvalue weighted by Crippen LogP contribution is 2.43. The van der Waals surface area contributed by atoms with Gasteiger partial charge in [0, 0.05) is 30.9 Å². The number of aromatic hydroxyl groups is 1. The number of halogens is 3. The maximum absolute atomic E-state index is 14.1. The smallest absolute Gasteiger partial charge is 0.275 e. The molecule has 168 valence electrons. The molecule has 0 radical (unpaired) electrons. The van der Waals surface area contributed by atoms with Crippen LogP contribution in [0.4, 0.5) is 8.78 Å². The maximum atomic E-state index is 14.1. The number of hydrogen-bond acceptors (Lipinski definition) is 4. The molecule has 3 aliphatic heterocycles. The van der Waals surface area contributed by atoms with Crippen LogP contribution in [-0.2, 0) is 13.1 Å². The highest BCUT2D eigenvalue weighted by molar-refractivity contribution is 6.30. The van der Waals surface area contributed by atoms with Crippen molar-refractivity contribution < 1.29 is 23.5 Å². The first-order valence-corrected chi connectivity index (χ1v) is 10.8. The second-order valence-corrected chi connectivity index (χ2v) is 8.96. The number of nitrogens with zero attached hydrogens (tertiary/aromatic N) is 2. The molecule has 4 heterocycles. The molecule has 2 saturated heterocycles. The average molecular weight is 464 g/mol. The van der Waals surface area contributed by atoms with Crippen LogP contribution in [0, 0.1) is 17.6 Å². The molecule has 1 aliphatic carbocycles. The van der Waals surface area contributed by atoms with Gasteiger partial charge in [-0.25, -0.2) is 8.78 Å². The fourth-order valence-electron chi connectivity index (χ4n) is 5.29. The largest absolute Gasteiger partial charge is 0.503 e. The summed E-state index contributed by atoms with van der Waals surface area (Å²) in [5.41, 5.74) is -1.50. The van der Waals surface area contributed by atoms with E-state index in [1.54, 1.807) is 4.90 Å². The molecular weight excluding hydrogens is 444 g/mol. The van der Waals surface area contributed by atoms with Crippen LogP contribution in [0.1, 0.15) is 52.1 Å². The normalized spacial score (nSPS) is 23.7. The number of rotatable bonds is 3. The quantitative estimate of drug-likeness (QED) is 0.685. The number of hydrogen-bond donors (Lipinski definition) is 2. The van der Waals surface area contributed by atoms with Crippen molar-refractivity contribution in [3.8, 4) is 5.75 Å². The summed E-state index contributed by atoms with van der Waals surface area (Å²) in [7, 11) is 0. The van der Waals surface area contributed by atoms with E-state index >= 15 is 0 Å². The third-order valence-electron chi connectivity index (χ3n) is 6.91. The Bertz CT molecular complexity index is 1210. The van der Waals surface area contributed by atoms with Crippen LogP contribution in [0.25, 0.3) is 0 Å². The van der Waals surface area contributed by atoms with Gasteiger partial charge in [-0.1, -0.05) is 17.7 Å². The van der Waals surface area contributed by atoms with E-state index in [0.717, 1.165) is 37.8 Å². The van der Waals surface area contributed by atoms with Crippen LogP contribution in [0.3, 0.4) is 0 Å². The summed E-state index contributed by atoms with van der Waals surface area (Å²) in [5, 5.41) is 12.2. The number of amides is 2. The molecule has 2 aromatic rings. The van der Waals surface area contributed by atoms with Gasteiger partial charge < -0.3 is 19.9 Å². The Morgan fingerprint density at radius 3 is 2.62 bits per heavy atom. The lowest BCUT2D eigenvalue weighted by atomic mass is 9.73. The maximum Gasteiger partial charge on any atom is 0.275 e. The van der Waals surface area contributed by atoms with Crippen molar-refractivity contribution in [1.29, 1.82) is 0 Å². The molecule has 2 bridgehead atoms. The fourth-order valence-corrected chi connectivity index (χ4v) is 5.48. The summed E-state index contributed by atoms with van der Waals surface area (Å²) in [5.74, 6) is -3.58. The van der Waals surface area contributed by atoms with Gasteiger partial charge in [-0.15, -0.1) is 0 Å². The molecule has 6 rings (SSSR count). The zero-order chi connectivity index (χ0) is 22.7. The predicted octanol–water partition coefficient (Wildman–Crippen LogP) is 2.81. The van der Waals surface area contributed by atoms with Gasteiger partial charge >= 0.3 is 0 Å². The molecule has 3 fully saturated rings. The molecule has 0 spiro atoms. The van der Waals surface area contributed by atoms with Crippen LogP contribution >= 0.6 is 11.6 Å². The van der Waals surface area contributed by atoms with E-state index in [4.69, 9.17) is 11.6 Å². The molecule has 4 aliphatic rings. The summed E-state index contributed by atoms with van der Waals surface area (Å²) in [6.07, 6.45) is 5.17. The van der Waals surface area contributed by atoms with Gasteiger partial charge in [0.1, 0.15) is 22.2 Å². The minimum absolute atomic E-state index is 0.0317. The number of benzene rings is 1. The fraction of sp³-hybridized carbons (Fsp3) is 0.409. The second kappa shape index (κ2) is 7.58. The molecular formula is C22H20ClF2N3O4. The zero-order valence-corrected chi connectivity index (χ0v) is 17.7. The van der Waals surface area contributed by atoms with Gasteiger partial charge in [0.15, 0.2) is 11.4 Å². The number of carbonyl (C=O) groups excluding carboxylic acids is 2. The Labute approximate surface area is 186 Å². The molecule has 0 unspecified atom stereocenters. The lowest BCUT2D eigenvalue weighted by Crippen LogP contribution is -2.61. The predicted molar refractivity (Wildman–Crippen MR) is 111 cm³/mol. The van der Waals surface area contributed by atoms with Gasteiger partial charge in [0.25, 0.3) is 11.8 Å². The molecule has 32 heavy (non-hydrogen) atoms. The number of nitrogens with one attached hydrogen (secondary N) is 1. The van der Waals surface area contributed by atoms with E-state index in [-0.39, 0.29) is 41.4 Å². The average Bonchev–Trinajstić information content (AvgIpc) is 2.79. The minimum Gasteiger partial charge on any atom is -0.503 e. The van der Waals surface area contributed by atoms with E-state index < -0.39 is 33.7 Å². The van der Waals surface area contributed by atoms with E-state index in [1.165, 1.54) is 10.8 Å². The van der Waals surface area contributed by atoms with Crippen LogP contribution in [0.5, 0.6) is 5.75 Å². The first kappa shape index (κ1) is 20.9. The van der Waals surface area contributed by atoms with Crippen molar-refractivity contribution in [2.45, 2.75) is 50.9 Å². The molecule has 7 nitrogen and oxygen atoms in total. The number of pyridine rings is 1. The number of piperidine rings is 2. The number of aromatic nitrogens is 1. The Hall–Kier alpha value is -2.94. The SMILES string of the molecule is O=C(NCc1ccc(F)c(Cl)c1F)c1cn2c(c(O)c1=O)C(=O)N1[C@H]3CC[C@H](CC3)[C@H]1C2. The van der Waals surface area contributed by atoms with E-state index in [0.29, 0.717) is 12.5 Å². The molecule has 10 heteroatoms. The highest BCUT2D eigenvalue weighted by Gasteiger charge is 2.48. The van der Waals surface area contributed by atoms with Crippen molar-refractivity contribution in [2.75, 3.05) is 0 Å². The van der Waals surface area contributed by atoms with Gasteiger partial charge in [0.2, 0.25) is 5.43 Å². The Balaban J connectivity index is 1.44. The van der Waals surface area contributed by atoms with Gasteiger partial charge in [-0.2, -0.15) is 0 Å². The van der Waals surface area contributed by atoms with Gasteiger partial charge in [-0.3, -0.25) is 14.4 Å². The van der Waals surface area contributed by atoms with Crippen LogP contribution in [0.2, 0.25) is 5.02 Å². The Kier molecular flexibility index (Phi) is 4.96. The highest BCUT2D eigenvalue weighted by atomic mass is 35.5. The molecule has 1 atom stereocenters. The van der Waals surface area contributed by atoms with Gasteiger partial charge in [-0.05, 0) is 37.7 Å². The van der Waals surface area contributed by atoms with E-state index in [2.05, 4.69) is 5.32 Å². The van der Waals surface area contributed by atoms with Crippen LogP contribution in [-0.4, -0.2) is 38.5 Å². The third kappa shape index (κ3) is 3.09. The van der Waals surface area contributed by atoms with Crippen molar-refractivity contribution >= 4 is 23.4 Å². The molecule has 1 saturated carbocycles. The monoisotopic (exact) mass is 463 g/mol. The summed E-state index contributed by atoms with van der Waals surface area (Å²) in [6.45, 7) is 0.0459. The van der Waals surface area contributed by atoms with Crippen molar-refractivity contribution in [3.05, 3.63) is 62.0 Å². The lowest BCUT2D eigenvalue weighted by Gasteiger charge is -2.53. The molecule has 1 aromatic carbocycles. The Morgan fingerprint density at radius 1 is 1.19 bits per heavy atom.